The van der Waals surface area contributed by atoms with Crippen LogP contribution in [0.5, 0.6) is 0 Å². The average molecular weight is 342 g/mol. The number of hydrogen-bond acceptors (Lipinski definition) is 1. The first-order valence-electron chi connectivity index (χ1n) is 8.44. The lowest BCUT2D eigenvalue weighted by molar-refractivity contribution is -0.139. The van der Waals surface area contributed by atoms with Gasteiger partial charge in [0.05, 0.1) is 0 Å². The minimum Gasteiger partial charge on any atom is -0.353 e. The van der Waals surface area contributed by atoms with Crippen LogP contribution in [0.3, 0.4) is 0 Å². The minimum absolute atomic E-state index is 0.332. The maximum absolute atomic E-state index is 12.8. The van der Waals surface area contributed by atoms with Crippen LogP contribution < -0.4 is 5.32 Å². The van der Waals surface area contributed by atoms with Gasteiger partial charge in [-0.1, -0.05) is 29.8 Å². The van der Waals surface area contributed by atoms with Crippen molar-refractivity contribution in [3.8, 4) is 0 Å². The van der Waals surface area contributed by atoms with Crippen LogP contribution in [0.15, 0.2) is 0 Å². The maximum Gasteiger partial charge on any atom is 0.223 e. The first kappa shape index (κ1) is 14.9. The molecule has 0 aromatic heterocycles. The summed E-state index contributed by atoms with van der Waals surface area (Å²) in [4.78, 5) is 12.8. The van der Waals surface area contributed by atoms with Crippen molar-refractivity contribution in [2.75, 3.05) is 5.33 Å². The largest absolute Gasteiger partial charge is 0.353 e. The molecule has 4 saturated carbocycles. The summed E-state index contributed by atoms with van der Waals surface area (Å²) in [5, 5.41) is 4.35. The van der Waals surface area contributed by atoms with Crippen molar-refractivity contribution in [2.45, 2.75) is 58.4 Å². The van der Waals surface area contributed by atoms with Gasteiger partial charge in [-0.25, -0.2) is 0 Å². The Morgan fingerprint density at radius 3 is 2.10 bits per heavy atom. The van der Waals surface area contributed by atoms with Gasteiger partial charge >= 0.3 is 0 Å². The van der Waals surface area contributed by atoms with Gasteiger partial charge in [-0.05, 0) is 68.1 Å². The minimum atomic E-state index is 0.332. The lowest BCUT2D eigenvalue weighted by atomic mass is 9.51. The van der Waals surface area contributed by atoms with Crippen molar-refractivity contribution in [1.82, 2.24) is 5.32 Å². The van der Waals surface area contributed by atoms with E-state index >= 15 is 0 Å². The van der Waals surface area contributed by atoms with Crippen LogP contribution in [0.2, 0.25) is 0 Å². The fourth-order valence-corrected chi connectivity index (χ4v) is 5.82. The first-order valence-corrected chi connectivity index (χ1v) is 9.57. The molecule has 1 amide bonds. The van der Waals surface area contributed by atoms with Crippen molar-refractivity contribution in [1.29, 1.82) is 0 Å². The fourth-order valence-electron chi connectivity index (χ4n) is 5.32. The third-order valence-corrected chi connectivity index (χ3v) is 6.54. The monoisotopic (exact) mass is 341 g/mol. The molecule has 2 nitrogen and oxygen atoms in total. The highest BCUT2D eigenvalue weighted by atomic mass is 79.9. The van der Waals surface area contributed by atoms with E-state index < -0.39 is 0 Å². The molecule has 1 N–H and O–H groups in total. The number of nitrogens with one attached hydrogen (secondary N) is 1. The Morgan fingerprint density at radius 2 is 1.65 bits per heavy atom. The summed E-state index contributed by atoms with van der Waals surface area (Å²) in [5.41, 5.74) is 0. The van der Waals surface area contributed by atoms with Crippen LogP contribution in [-0.2, 0) is 4.79 Å². The zero-order chi connectivity index (χ0) is 14.3. The molecular formula is C17H28BrNO. The number of hydrogen-bond donors (Lipinski definition) is 1. The van der Waals surface area contributed by atoms with Gasteiger partial charge in [0.1, 0.15) is 0 Å². The van der Waals surface area contributed by atoms with Crippen LogP contribution >= 0.6 is 15.9 Å². The van der Waals surface area contributed by atoms with Crippen LogP contribution in [0.1, 0.15) is 52.4 Å². The Bertz CT molecular complexity index is 340. The summed E-state index contributed by atoms with van der Waals surface area (Å²) < 4.78 is 0. The lowest BCUT2D eigenvalue weighted by Crippen LogP contribution is -2.53. The van der Waals surface area contributed by atoms with Gasteiger partial charge in [-0.15, -0.1) is 0 Å². The van der Waals surface area contributed by atoms with E-state index in [-0.39, 0.29) is 0 Å². The van der Waals surface area contributed by atoms with Crippen molar-refractivity contribution in [3.05, 3.63) is 0 Å². The molecule has 0 aliphatic heterocycles. The Labute approximate surface area is 131 Å². The Balaban J connectivity index is 1.65. The lowest BCUT2D eigenvalue weighted by Gasteiger charge is -2.53. The zero-order valence-electron chi connectivity index (χ0n) is 12.8. The summed E-state index contributed by atoms with van der Waals surface area (Å²) in [6.07, 6.45) is 7.81. The molecule has 20 heavy (non-hydrogen) atoms. The molecule has 0 saturated heterocycles. The maximum atomic E-state index is 12.8. The highest BCUT2D eigenvalue weighted by molar-refractivity contribution is 9.09. The normalized spacial score (nSPS) is 40.1. The summed E-state index contributed by atoms with van der Waals surface area (Å²) >= 11 is 3.52. The smallest absolute Gasteiger partial charge is 0.223 e. The molecule has 1 unspecified atom stereocenters. The van der Waals surface area contributed by atoms with E-state index in [0.29, 0.717) is 35.6 Å². The topological polar surface area (TPSA) is 29.1 Å². The van der Waals surface area contributed by atoms with E-state index in [4.69, 9.17) is 0 Å². The number of carbonyl (C=O) groups excluding carboxylic acids is 1. The molecule has 4 rings (SSSR count). The standard InChI is InChI=1S/C17H28BrNO/c1-10(2)15(3-4-18)19-17(20)16-13-6-11-5-12(8-13)9-14(16)7-11/h10-16H,3-9H2,1-2H3,(H,19,20). The first-order chi connectivity index (χ1) is 9.58. The molecule has 4 fully saturated rings. The average Bonchev–Trinajstić information content (AvgIpc) is 2.36. The number of carbonyl (C=O) groups is 1. The SMILES string of the molecule is CC(C)C(CCBr)NC(=O)C1C2CC3CC(C2)CC1C3. The molecule has 114 valence electrons. The van der Waals surface area contributed by atoms with E-state index in [1.165, 1.54) is 32.1 Å². The predicted molar refractivity (Wildman–Crippen MR) is 85.7 cm³/mol. The molecule has 4 aliphatic rings. The summed E-state index contributed by atoms with van der Waals surface area (Å²) in [6, 6.07) is 0.332. The van der Waals surface area contributed by atoms with E-state index in [2.05, 4.69) is 35.1 Å². The van der Waals surface area contributed by atoms with E-state index in [9.17, 15) is 4.79 Å². The third-order valence-electron chi connectivity index (χ3n) is 6.08. The molecule has 4 bridgehead atoms. The number of halogens is 1. The van der Waals surface area contributed by atoms with Crippen LogP contribution in [0.4, 0.5) is 0 Å². The van der Waals surface area contributed by atoms with Gasteiger partial charge in [0.15, 0.2) is 0 Å². The fraction of sp³-hybridized carbons (Fsp3) is 0.941. The molecule has 0 spiro atoms. The van der Waals surface area contributed by atoms with Gasteiger partial charge in [-0.2, -0.15) is 0 Å². The van der Waals surface area contributed by atoms with Gasteiger partial charge in [0.2, 0.25) is 5.91 Å². The van der Waals surface area contributed by atoms with Crippen molar-refractivity contribution in [2.24, 2.45) is 35.5 Å². The Kier molecular flexibility index (Phi) is 4.45. The highest BCUT2D eigenvalue weighted by Gasteiger charge is 2.50. The van der Waals surface area contributed by atoms with Gasteiger partial charge in [-0.3, -0.25) is 4.79 Å². The van der Waals surface area contributed by atoms with Gasteiger partial charge in [0, 0.05) is 17.3 Å². The number of rotatable bonds is 5. The second kappa shape index (κ2) is 5.98. The predicted octanol–water partition coefficient (Wildman–Crippen LogP) is 3.98. The zero-order valence-corrected chi connectivity index (χ0v) is 14.4. The van der Waals surface area contributed by atoms with Crippen LogP contribution in [0.25, 0.3) is 0 Å². The number of amides is 1. The molecule has 4 aliphatic carbocycles. The second-order valence-corrected chi connectivity index (χ2v) is 8.59. The molecule has 0 aromatic carbocycles. The highest BCUT2D eigenvalue weighted by Crippen LogP contribution is 2.56. The van der Waals surface area contributed by atoms with Crippen molar-refractivity contribution < 1.29 is 4.79 Å². The number of alkyl halides is 1. The Hall–Kier alpha value is -0.0500. The third kappa shape index (κ3) is 2.80. The molecule has 1 atom stereocenters. The Morgan fingerprint density at radius 1 is 1.10 bits per heavy atom. The summed E-state index contributed by atoms with van der Waals surface area (Å²) in [6.45, 7) is 4.43. The molecular weight excluding hydrogens is 314 g/mol. The second-order valence-electron chi connectivity index (χ2n) is 7.79. The van der Waals surface area contributed by atoms with Crippen LogP contribution in [0, 0.1) is 35.5 Å². The van der Waals surface area contributed by atoms with Gasteiger partial charge in [0.25, 0.3) is 0 Å². The van der Waals surface area contributed by atoms with E-state index in [0.717, 1.165) is 23.6 Å². The quantitative estimate of drug-likeness (QED) is 0.752. The molecule has 3 heteroatoms. The molecule has 0 heterocycles. The molecule has 0 radical (unpaired) electrons. The summed E-state index contributed by atoms with van der Waals surface area (Å²) in [7, 11) is 0. The van der Waals surface area contributed by atoms with E-state index in [1.54, 1.807) is 0 Å². The molecule has 0 aromatic rings. The van der Waals surface area contributed by atoms with Gasteiger partial charge < -0.3 is 5.32 Å². The van der Waals surface area contributed by atoms with Crippen molar-refractivity contribution in [3.63, 3.8) is 0 Å². The van der Waals surface area contributed by atoms with E-state index in [1.807, 2.05) is 0 Å². The van der Waals surface area contributed by atoms with Crippen LogP contribution in [-0.4, -0.2) is 17.3 Å². The summed E-state index contributed by atoms with van der Waals surface area (Å²) in [5.74, 6) is 4.52. The van der Waals surface area contributed by atoms with Crippen molar-refractivity contribution >= 4 is 21.8 Å².